The summed E-state index contributed by atoms with van der Waals surface area (Å²) in [6, 6.07) is 24.2. The lowest BCUT2D eigenvalue weighted by Crippen LogP contribution is -2.11. The average Bonchev–Trinajstić information content (AvgIpc) is 3.25. The molecular weight excluding hydrogens is 398 g/mol. The van der Waals surface area contributed by atoms with Gasteiger partial charge in [0.25, 0.3) is 0 Å². The third-order valence-electron chi connectivity index (χ3n) is 5.60. The van der Waals surface area contributed by atoms with Crippen molar-refractivity contribution in [2.24, 2.45) is 7.05 Å². The van der Waals surface area contributed by atoms with Crippen LogP contribution in [-0.4, -0.2) is 16.7 Å². The zero-order chi connectivity index (χ0) is 22.5. The molecule has 0 radical (unpaired) electrons. The number of ether oxygens (including phenoxy) is 2. The second kappa shape index (κ2) is 9.51. The minimum atomic E-state index is -0.333. The molecule has 5 heteroatoms. The summed E-state index contributed by atoms with van der Waals surface area (Å²) in [4.78, 5) is 4.29. The van der Waals surface area contributed by atoms with Crippen LogP contribution in [0.1, 0.15) is 34.1 Å². The monoisotopic (exact) mass is 423 g/mol. The van der Waals surface area contributed by atoms with Gasteiger partial charge in [0.05, 0.1) is 43.6 Å². The number of hydrogen-bond donors (Lipinski definition) is 0. The van der Waals surface area contributed by atoms with Crippen molar-refractivity contribution in [3.05, 3.63) is 107 Å². The van der Waals surface area contributed by atoms with Gasteiger partial charge in [0.2, 0.25) is 0 Å². The maximum Gasteiger partial charge on any atom is 0.124 e. The lowest BCUT2D eigenvalue weighted by molar-refractivity contribution is 0.0622. The van der Waals surface area contributed by atoms with Gasteiger partial charge in [0, 0.05) is 12.6 Å². The highest BCUT2D eigenvalue weighted by atomic mass is 16.5. The minimum Gasteiger partial charge on any atom is -0.497 e. The fourth-order valence-electron chi connectivity index (χ4n) is 3.79. The van der Waals surface area contributed by atoms with Crippen molar-refractivity contribution < 1.29 is 9.47 Å². The Bertz CT molecular complexity index is 1250. The smallest absolute Gasteiger partial charge is 0.124 e. The van der Waals surface area contributed by atoms with E-state index in [1.54, 1.807) is 13.4 Å². The maximum atomic E-state index is 9.72. The van der Waals surface area contributed by atoms with Gasteiger partial charge >= 0.3 is 0 Å². The van der Waals surface area contributed by atoms with Gasteiger partial charge in [-0.15, -0.1) is 0 Å². The lowest BCUT2D eigenvalue weighted by atomic mass is 9.93. The molecule has 0 spiro atoms. The molecule has 0 aliphatic carbocycles. The van der Waals surface area contributed by atoms with Crippen LogP contribution in [0.4, 0.5) is 0 Å². The first-order valence-electron chi connectivity index (χ1n) is 10.4. The molecule has 0 aliphatic rings. The van der Waals surface area contributed by atoms with E-state index in [4.69, 9.17) is 9.47 Å². The molecule has 0 saturated carbocycles. The molecule has 160 valence electrons. The number of aryl methyl sites for hydroxylation is 2. The lowest BCUT2D eigenvalue weighted by Gasteiger charge is -2.21. The summed E-state index contributed by atoms with van der Waals surface area (Å²) >= 11 is 0. The number of imidazole rings is 1. The van der Waals surface area contributed by atoms with Gasteiger partial charge in [0.15, 0.2) is 0 Å². The zero-order valence-electron chi connectivity index (χ0n) is 18.4. The van der Waals surface area contributed by atoms with Gasteiger partial charge in [-0.2, -0.15) is 5.26 Å². The molecule has 0 fully saturated rings. The topological polar surface area (TPSA) is 60.1 Å². The molecule has 4 rings (SSSR count). The first-order chi connectivity index (χ1) is 15.6. The molecule has 1 heterocycles. The standard InChI is InChI=1S/C27H25N3O2/c1-19-6-4-5-7-24(19)25-14-21(10-11-22(25)15-28)27(26-16-29-18-30(26)2)32-17-20-8-12-23(31-3)13-9-20/h4-14,16,18,27H,17H2,1-3H3. The molecule has 0 bridgehead atoms. The summed E-state index contributed by atoms with van der Waals surface area (Å²) < 4.78 is 13.6. The van der Waals surface area contributed by atoms with Gasteiger partial charge in [-0.3, -0.25) is 0 Å². The largest absolute Gasteiger partial charge is 0.497 e. The van der Waals surface area contributed by atoms with E-state index in [2.05, 4.69) is 30.1 Å². The predicted molar refractivity (Wildman–Crippen MR) is 124 cm³/mol. The Labute approximate surface area is 188 Å². The molecular formula is C27H25N3O2. The van der Waals surface area contributed by atoms with E-state index < -0.39 is 0 Å². The predicted octanol–water partition coefficient (Wildman–Crippen LogP) is 5.58. The van der Waals surface area contributed by atoms with Crippen molar-refractivity contribution in [3.8, 4) is 22.9 Å². The number of nitrogens with zero attached hydrogens (tertiary/aromatic N) is 3. The third-order valence-corrected chi connectivity index (χ3v) is 5.60. The third kappa shape index (κ3) is 4.41. The van der Waals surface area contributed by atoms with E-state index in [0.717, 1.165) is 39.3 Å². The van der Waals surface area contributed by atoms with Crippen molar-refractivity contribution in [2.75, 3.05) is 7.11 Å². The SMILES string of the molecule is COc1ccc(COC(c2ccc(C#N)c(-c3ccccc3C)c2)c2cncn2C)cc1. The first kappa shape index (κ1) is 21.4. The Hall–Kier alpha value is -3.88. The fourth-order valence-corrected chi connectivity index (χ4v) is 3.79. The van der Waals surface area contributed by atoms with Gasteiger partial charge < -0.3 is 14.0 Å². The second-order valence-corrected chi connectivity index (χ2v) is 7.70. The van der Waals surface area contributed by atoms with Crippen LogP contribution in [-0.2, 0) is 18.4 Å². The Morgan fingerprint density at radius 1 is 1.03 bits per heavy atom. The molecule has 0 aliphatic heterocycles. The molecule has 4 aromatic rings. The van der Waals surface area contributed by atoms with Crippen LogP contribution in [0.5, 0.6) is 5.75 Å². The van der Waals surface area contributed by atoms with E-state index in [0.29, 0.717) is 12.2 Å². The van der Waals surface area contributed by atoms with Gasteiger partial charge in [-0.05, 0) is 53.4 Å². The number of rotatable bonds is 7. The molecule has 32 heavy (non-hydrogen) atoms. The number of hydrogen-bond acceptors (Lipinski definition) is 4. The molecule has 0 amide bonds. The van der Waals surface area contributed by atoms with Crippen molar-refractivity contribution in [1.29, 1.82) is 5.26 Å². The van der Waals surface area contributed by atoms with E-state index in [1.165, 1.54) is 0 Å². The van der Waals surface area contributed by atoms with Crippen molar-refractivity contribution >= 4 is 0 Å². The summed E-state index contributed by atoms with van der Waals surface area (Å²) in [5.41, 5.74) is 6.68. The highest BCUT2D eigenvalue weighted by molar-refractivity contribution is 5.74. The van der Waals surface area contributed by atoms with Crippen LogP contribution in [0.2, 0.25) is 0 Å². The van der Waals surface area contributed by atoms with Crippen LogP contribution >= 0.6 is 0 Å². The van der Waals surface area contributed by atoms with Crippen molar-refractivity contribution in [2.45, 2.75) is 19.6 Å². The number of aromatic nitrogens is 2. The summed E-state index contributed by atoms with van der Waals surface area (Å²) in [6.07, 6.45) is 3.26. The summed E-state index contributed by atoms with van der Waals surface area (Å²) in [5.74, 6) is 0.812. The van der Waals surface area contributed by atoms with Crippen LogP contribution in [0, 0.1) is 18.3 Å². The molecule has 3 aromatic carbocycles. The van der Waals surface area contributed by atoms with Crippen LogP contribution < -0.4 is 4.74 Å². The highest BCUT2D eigenvalue weighted by Crippen LogP contribution is 2.33. The second-order valence-electron chi connectivity index (χ2n) is 7.70. The fraction of sp³-hybridized carbons (Fsp3) is 0.185. The molecule has 1 aromatic heterocycles. The van der Waals surface area contributed by atoms with E-state index in [1.807, 2.05) is 72.4 Å². The minimum absolute atomic E-state index is 0.333. The summed E-state index contributed by atoms with van der Waals surface area (Å²) in [6.45, 7) is 2.49. The molecule has 0 saturated heterocycles. The number of nitriles is 1. The zero-order valence-corrected chi connectivity index (χ0v) is 18.4. The summed E-state index contributed by atoms with van der Waals surface area (Å²) in [7, 11) is 3.61. The Morgan fingerprint density at radius 3 is 2.47 bits per heavy atom. The summed E-state index contributed by atoms with van der Waals surface area (Å²) in [5, 5.41) is 9.72. The first-order valence-corrected chi connectivity index (χ1v) is 10.4. The molecule has 0 N–H and O–H groups in total. The van der Waals surface area contributed by atoms with Crippen molar-refractivity contribution in [3.63, 3.8) is 0 Å². The van der Waals surface area contributed by atoms with Crippen LogP contribution in [0.3, 0.4) is 0 Å². The molecule has 1 unspecified atom stereocenters. The molecule has 5 nitrogen and oxygen atoms in total. The average molecular weight is 424 g/mol. The highest BCUT2D eigenvalue weighted by Gasteiger charge is 2.20. The Kier molecular flexibility index (Phi) is 6.34. The van der Waals surface area contributed by atoms with Crippen molar-refractivity contribution in [1.82, 2.24) is 9.55 Å². The number of benzene rings is 3. The number of methoxy groups -OCH3 is 1. The molecule has 1 atom stereocenters. The Morgan fingerprint density at radius 2 is 1.81 bits per heavy atom. The van der Waals surface area contributed by atoms with E-state index in [9.17, 15) is 5.26 Å². The normalized spacial score (nSPS) is 11.7. The van der Waals surface area contributed by atoms with Gasteiger partial charge in [-0.25, -0.2) is 4.98 Å². The van der Waals surface area contributed by atoms with Crippen LogP contribution in [0.25, 0.3) is 11.1 Å². The maximum absolute atomic E-state index is 9.72. The van der Waals surface area contributed by atoms with E-state index >= 15 is 0 Å². The Balaban J connectivity index is 1.73. The van der Waals surface area contributed by atoms with Gasteiger partial charge in [-0.1, -0.05) is 42.5 Å². The quantitative estimate of drug-likeness (QED) is 0.389. The van der Waals surface area contributed by atoms with Gasteiger partial charge in [0.1, 0.15) is 11.9 Å². The van der Waals surface area contributed by atoms with E-state index in [-0.39, 0.29) is 6.10 Å². The van der Waals surface area contributed by atoms with Crippen LogP contribution in [0.15, 0.2) is 79.3 Å².